The number of ether oxygens (including phenoxy) is 1. The zero-order chi connectivity index (χ0) is 14.1. The maximum atomic E-state index is 6.17. The van der Waals surface area contributed by atoms with Gasteiger partial charge in [-0.1, -0.05) is 42.0 Å². The Kier molecular flexibility index (Phi) is 3.49. The molecule has 0 aromatic heterocycles. The molecule has 1 unspecified atom stereocenters. The van der Waals surface area contributed by atoms with Crippen molar-refractivity contribution in [1.29, 1.82) is 0 Å². The van der Waals surface area contributed by atoms with Gasteiger partial charge in [0.2, 0.25) is 0 Å². The molecule has 1 atom stereocenters. The first-order valence-electron chi connectivity index (χ1n) is 7.20. The highest BCUT2D eigenvalue weighted by Crippen LogP contribution is 2.40. The molecule has 0 spiro atoms. The Balaban J connectivity index is 2.05. The van der Waals surface area contributed by atoms with E-state index in [1.54, 1.807) is 0 Å². The summed E-state index contributed by atoms with van der Waals surface area (Å²) in [5, 5.41) is 3.20. The number of hydrogen-bond donors (Lipinski definition) is 1. The van der Waals surface area contributed by atoms with Gasteiger partial charge in [-0.2, -0.15) is 0 Å². The van der Waals surface area contributed by atoms with Crippen LogP contribution in [0.3, 0.4) is 0 Å². The zero-order valence-electron chi connectivity index (χ0n) is 12.4. The van der Waals surface area contributed by atoms with E-state index in [0.717, 1.165) is 18.7 Å². The molecule has 0 fully saturated rings. The molecule has 2 aromatic carbocycles. The molecule has 104 valence electrons. The molecule has 1 heterocycles. The number of nitrogens with one attached hydrogen (secondary N) is 1. The van der Waals surface area contributed by atoms with Crippen molar-refractivity contribution in [2.24, 2.45) is 0 Å². The summed E-state index contributed by atoms with van der Waals surface area (Å²) < 4.78 is 6.17. The van der Waals surface area contributed by atoms with E-state index in [1.165, 1.54) is 27.8 Å². The molecular weight excluding hydrogens is 246 g/mol. The lowest BCUT2D eigenvalue weighted by Crippen LogP contribution is -2.27. The zero-order valence-corrected chi connectivity index (χ0v) is 12.4. The Hall–Kier alpha value is -1.80. The van der Waals surface area contributed by atoms with Gasteiger partial charge < -0.3 is 10.1 Å². The Labute approximate surface area is 120 Å². The molecule has 1 aliphatic rings. The van der Waals surface area contributed by atoms with Crippen LogP contribution in [0, 0.1) is 13.8 Å². The summed E-state index contributed by atoms with van der Waals surface area (Å²) in [4.78, 5) is 0. The highest BCUT2D eigenvalue weighted by atomic mass is 16.5. The van der Waals surface area contributed by atoms with Crippen molar-refractivity contribution in [2.75, 3.05) is 13.6 Å². The summed E-state index contributed by atoms with van der Waals surface area (Å²) in [7, 11) is 1.97. The number of para-hydroxylation sites is 1. The molecule has 2 aromatic rings. The SMILES string of the molecule is CNCC1Cc2cccc(-c3cc(C)ccc3C)c2O1. The fourth-order valence-electron chi connectivity index (χ4n) is 2.92. The van der Waals surface area contributed by atoms with Crippen LogP contribution in [0.2, 0.25) is 0 Å². The van der Waals surface area contributed by atoms with Crippen molar-refractivity contribution in [1.82, 2.24) is 5.32 Å². The molecule has 0 aliphatic carbocycles. The Morgan fingerprint density at radius 3 is 2.80 bits per heavy atom. The molecule has 0 radical (unpaired) electrons. The van der Waals surface area contributed by atoms with Crippen molar-refractivity contribution >= 4 is 0 Å². The summed E-state index contributed by atoms with van der Waals surface area (Å²) in [5.74, 6) is 1.07. The van der Waals surface area contributed by atoms with Gasteiger partial charge in [-0.05, 0) is 37.6 Å². The predicted octanol–water partition coefficient (Wildman–Crippen LogP) is 3.49. The van der Waals surface area contributed by atoms with E-state index < -0.39 is 0 Å². The van der Waals surface area contributed by atoms with Crippen molar-refractivity contribution < 1.29 is 4.74 Å². The summed E-state index contributed by atoms with van der Waals surface area (Å²) in [6.07, 6.45) is 1.25. The monoisotopic (exact) mass is 267 g/mol. The molecule has 0 saturated carbocycles. The smallest absolute Gasteiger partial charge is 0.130 e. The minimum absolute atomic E-state index is 0.251. The van der Waals surface area contributed by atoms with Crippen molar-refractivity contribution in [3.8, 4) is 16.9 Å². The number of hydrogen-bond acceptors (Lipinski definition) is 2. The fourth-order valence-corrected chi connectivity index (χ4v) is 2.92. The Bertz CT molecular complexity index is 633. The molecule has 2 nitrogen and oxygen atoms in total. The van der Waals surface area contributed by atoms with Crippen LogP contribution in [0.25, 0.3) is 11.1 Å². The van der Waals surface area contributed by atoms with Crippen LogP contribution in [-0.4, -0.2) is 19.7 Å². The Morgan fingerprint density at radius 2 is 2.00 bits per heavy atom. The van der Waals surface area contributed by atoms with Crippen LogP contribution in [0.4, 0.5) is 0 Å². The van der Waals surface area contributed by atoms with Crippen LogP contribution >= 0.6 is 0 Å². The Morgan fingerprint density at radius 1 is 1.15 bits per heavy atom. The van der Waals surface area contributed by atoms with Crippen molar-refractivity contribution in [3.05, 3.63) is 53.1 Å². The highest BCUT2D eigenvalue weighted by molar-refractivity contribution is 5.76. The lowest BCUT2D eigenvalue weighted by molar-refractivity contribution is 0.232. The van der Waals surface area contributed by atoms with Gasteiger partial charge in [-0.25, -0.2) is 0 Å². The molecule has 20 heavy (non-hydrogen) atoms. The highest BCUT2D eigenvalue weighted by Gasteiger charge is 2.25. The maximum absolute atomic E-state index is 6.17. The topological polar surface area (TPSA) is 21.3 Å². The van der Waals surface area contributed by atoms with Gasteiger partial charge in [0.1, 0.15) is 11.9 Å². The quantitative estimate of drug-likeness (QED) is 0.919. The lowest BCUT2D eigenvalue weighted by atomic mass is 9.96. The minimum atomic E-state index is 0.251. The molecule has 2 heteroatoms. The van der Waals surface area contributed by atoms with Gasteiger partial charge in [-0.15, -0.1) is 0 Å². The van der Waals surface area contributed by atoms with E-state index in [-0.39, 0.29) is 6.10 Å². The van der Waals surface area contributed by atoms with Gasteiger partial charge in [0.25, 0.3) is 0 Å². The normalized spacial score (nSPS) is 16.9. The largest absolute Gasteiger partial charge is 0.488 e. The van der Waals surface area contributed by atoms with Gasteiger partial charge in [0.15, 0.2) is 0 Å². The number of fused-ring (bicyclic) bond motifs is 1. The van der Waals surface area contributed by atoms with E-state index in [0.29, 0.717) is 0 Å². The summed E-state index contributed by atoms with van der Waals surface area (Å²) in [6, 6.07) is 13.1. The third kappa shape index (κ3) is 2.32. The second-order valence-electron chi connectivity index (χ2n) is 5.61. The number of rotatable bonds is 3. The predicted molar refractivity (Wildman–Crippen MR) is 83.4 cm³/mol. The number of likely N-dealkylation sites (N-methyl/N-ethyl adjacent to an activating group) is 1. The van der Waals surface area contributed by atoms with Gasteiger partial charge in [0, 0.05) is 18.5 Å². The van der Waals surface area contributed by atoms with Crippen LogP contribution in [0.15, 0.2) is 36.4 Å². The van der Waals surface area contributed by atoms with Crippen LogP contribution < -0.4 is 10.1 Å². The number of aryl methyl sites for hydroxylation is 2. The maximum Gasteiger partial charge on any atom is 0.130 e. The van der Waals surface area contributed by atoms with Crippen molar-refractivity contribution in [3.63, 3.8) is 0 Å². The van der Waals surface area contributed by atoms with E-state index in [4.69, 9.17) is 4.74 Å². The van der Waals surface area contributed by atoms with E-state index in [1.807, 2.05) is 7.05 Å². The molecule has 0 bridgehead atoms. The molecule has 1 aliphatic heterocycles. The third-order valence-corrected chi connectivity index (χ3v) is 3.94. The first kappa shape index (κ1) is 13.2. The van der Waals surface area contributed by atoms with Crippen LogP contribution in [-0.2, 0) is 6.42 Å². The first-order valence-corrected chi connectivity index (χ1v) is 7.20. The molecule has 0 amide bonds. The summed E-state index contributed by atoms with van der Waals surface area (Å²) in [6.45, 7) is 5.19. The first-order chi connectivity index (χ1) is 9.69. The number of benzene rings is 2. The van der Waals surface area contributed by atoms with Crippen LogP contribution in [0.1, 0.15) is 16.7 Å². The van der Waals surface area contributed by atoms with Crippen LogP contribution in [0.5, 0.6) is 5.75 Å². The van der Waals surface area contributed by atoms with Gasteiger partial charge >= 0.3 is 0 Å². The third-order valence-electron chi connectivity index (χ3n) is 3.94. The summed E-state index contributed by atoms with van der Waals surface area (Å²) >= 11 is 0. The lowest BCUT2D eigenvalue weighted by Gasteiger charge is -2.14. The van der Waals surface area contributed by atoms with Crippen molar-refractivity contribution in [2.45, 2.75) is 26.4 Å². The molecule has 3 rings (SSSR count). The van der Waals surface area contributed by atoms with E-state index in [2.05, 4.69) is 55.6 Å². The van der Waals surface area contributed by atoms with E-state index >= 15 is 0 Å². The van der Waals surface area contributed by atoms with Gasteiger partial charge in [0.05, 0.1) is 0 Å². The second-order valence-corrected chi connectivity index (χ2v) is 5.61. The van der Waals surface area contributed by atoms with E-state index in [9.17, 15) is 0 Å². The average Bonchev–Trinajstić information content (AvgIpc) is 2.84. The molecular formula is C18H21NO. The molecule has 1 N–H and O–H groups in total. The van der Waals surface area contributed by atoms with Gasteiger partial charge in [-0.3, -0.25) is 0 Å². The fraction of sp³-hybridized carbons (Fsp3) is 0.333. The summed E-state index contributed by atoms with van der Waals surface area (Å²) in [5.41, 5.74) is 6.41. The second kappa shape index (κ2) is 5.29. The standard InChI is InChI=1S/C18H21NO/c1-12-7-8-13(2)17(9-12)16-6-4-5-14-10-15(11-19-3)20-18(14)16/h4-9,15,19H,10-11H2,1-3H3. The minimum Gasteiger partial charge on any atom is -0.488 e. The average molecular weight is 267 g/mol. The molecule has 0 saturated heterocycles.